The van der Waals surface area contributed by atoms with Crippen LogP contribution in [0.2, 0.25) is 5.15 Å². The van der Waals surface area contributed by atoms with Crippen LogP contribution in [0.3, 0.4) is 0 Å². The van der Waals surface area contributed by atoms with Crippen LogP contribution in [0, 0.1) is 0 Å². The number of aryl methyl sites for hydroxylation is 1. The highest BCUT2D eigenvalue weighted by Crippen LogP contribution is 2.12. The van der Waals surface area contributed by atoms with Crippen molar-refractivity contribution in [2.45, 2.75) is 11.3 Å². The lowest BCUT2D eigenvalue weighted by atomic mass is 10.4. The highest BCUT2D eigenvalue weighted by atomic mass is 35.5. The molecular formula is C10H12ClN5O2S. The molecule has 0 atom stereocenters. The molecule has 2 heterocycles. The topological polar surface area (TPSA) is 89.8 Å². The molecule has 0 aliphatic rings. The average molecular weight is 302 g/mol. The monoisotopic (exact) mass is 301 g/mol. The van der Waals surface area contributed by atoms with Crippen molar-refractivity contribution in [3.05, 3.63) is 35.6 Å². The Labute approximate surface area is 115 Å². The molecule has 0 saturated carbocycles. The van der Waals surface area contributed by atoms with Gasteiger partial charge in [0.15, 0.2) is 5.82 Å². The van der Waals surface area contributed by atoms with Crippen LogP contribution in [0.1, 0.15) is 5.82 Å². The van der Waals surface area contributed by atoms with Crippen LogP contribution >= 0.6 is 11.6 Å². The quantitative estimate of drug-likeness (QED) is 0.807. The van der Waals surface area contributed by atoms with E-state index in [0.29, 0.717) is 12.2 Å². The summed E-state index contributed by atoms with van der Waals surface area (Å²) in [6.07, 6.45) is 3.32. The molecule has 0 radical (unpaired) electrons. The number of nitrogens with one attached hydrogen (secondary N) is 1. The second kappa shape index (κ2) is 5.64. The van der Waals surface area contributed by atoms with E-state index in [-0.39, 0.29) is 16.6 Å². The second-order valence-corrected chi connectivity index (χ2v) is 5.95. The van der Waals surface area contributed by atoms with Crippen LogP contribution in [-0.4, -0.2) is 34.7 Å². The third kappa shape index (κ3) is 3.72. The second-order valence-electron chi connectivity index (χ2n) is 3.80. The van der Waals surface area contributed by atoms with Crippen LogP contribution in [0.4, 0.5) is 0 Å². The number of hydrogen-bond donors (Lipinski definition) is 1. The van der Waals surface area contributed by atoms with Gasteiger partial charge in [0.2, 0.25) is 10.0 Å². The van der Waals surface area contributed by atoms with Crippen molar-refractivity contribution in [3.8, 4) is 0 Å². The maximum Gasteiger partial charge on any atom is 0.240 e. The van der Waals surface area contributed by atoms with Gasteiger partial charge < -0.3 is 0 Å². The largest absolute Gasteiger partial charge is 0.256 e. The zero-order valence-corrected chi connectivity index (χ0v) is 11.7. The summed E-state index contributed by atoms with van der Waals surface area (Å²) in [7, 11) is -1.83. The molecule has 0 aliphatic heterocycles. The van der Waals surface area contributed by atoms with E-state index in [9.17, 15) is 8.42 Å². The predicted octanol–water partition coefficient (Wildman–Crippen LogP) is 0.384. The molecule has 0 unspecified atom stereocenters. The zero-order valence-electron chi connectivity index (χ0n) is 10.1. The molecule has 0 saturated heterocycles. The van der Waals surface area contributed by atoms with E-state index in [0.717, 1.165) is 0 Å². The number of hydrogen-bond acceptors (Lipinski definition) is 5. The average Bonchev–Trinajstić information content (AvgIpc) is 2.75. The highest BCUT2D eigenvalue weighted by Gasteiger charge is 2.14. The number of aromatic nitrogens is 4. The number of pyridine rings is 1. The standard InChI is InChI=1S/C10H12ClN5O2S/c1-16-7-13-10(15-16)3-5-14-19(17,18)8-2-4-12-9(11)6-8/h2,4,6-7,14H,3,5H2,1H3. The molecule has 1 N–H and O–H groups in total. The molecule has 2 rings (SSSR count). The normalized spacial score (nSPS) is 11.7. The number of rotatable bonds is 5. The van der Waals surface area contributed by atoms with Gasteiger partial charge in [0.05, 0.1) is 4.90 Å². The summed E-state index contributed by atoms with van der Waals surface area (Å²) in [4.78, 5) is 7.83. The van der Waals surface area contributed by atoms with Gasteiger partial charge in [-0.25, -0.2) is 23.1 Å². The van der Waals surface area contributed by atoms with Crippen molar-refractivity contribution >= 4 is 21.6 Å². The van der Waals surface area contributed by atoms with Gasteiger partial charge in [-0.15, -0.1) is 0 Å². The van der Waals surface area contributed by atoms with Crippen molar-refractivity contribution < 1.29 is 8.42 Å². The molecule has 2 aromatic rings. The van der Waals surface area contributed by atoms with Gasteiger partial charge in [-0.1, -0.05) is 11.6 Å². The summed E-state index contributed by atoms with van der Waals surface area (Å²) in [5.74, 6) is 0.581. The lowest BCUT2D eigenvalue weighted by molar-refractivity contribution is 0.580. The molecular weight excluding hydrogens is 290 g/mol. The van der Waals surface area contributed by atoms with E-state index < -0.39 is 10.0 Å². The van der Waals surface area contributed by atoms with Crippen molar-refractivity contribution in [2.75, 3.05) is 6.54 Å². The molecule has 0 aromatic carbocycles. The Morgan fingerprint density at radius 2 is 2.21 bits per heavy atom. The first-order valence-electron chi connectivity index (χ1n) is 5.43. The minimum absolute atomic E-state index is 0.0847. The lowest BCUT2D eigenvalue weighted by Crippen LogP contribution is -2.26. The fourth-order valence-electron chi connectivity index (χ4n) is 1.43. The van der Waals surface area contributed by atoms with E-state index in [1.807, 2.05) is 0 Å². The van der Waals surface area contributed by atoms with Gasteiger partial charge in [-0.2, -0.15) is 5.10 Å². The van der Waals surface area contributed by atoms with Crippen molar-refractivity contribution in [1.82, 2.24) is 24.5 Å². The molecule has 19 heavy (non-hydrogen) atoms. The van der Waals surface area contributed by atoms with Crippen LogP contribution in [0.15, 0.2) is 29.6 Å². The Bertz CT molecular complexity index is 670. The summed E-state index contributed by atoms with van der Waals surface area (Å²) in [5.41, 5.74) is 0. The highest BCUT2D eigenvalue weighted by molar-refractivity contribution is 7.89. The van der Waals surface area contributed by atoms with E-state index >= 15 is 0 Å². The first kappa shape index (κ1) is 13.9. The molecule has 0 bridgehead atoms. The third-order valence-electron chi connectivity index (χ3n) is 2.30. The molecule has 0 spiro atoms. The van der Waals surface area contributed by atoms with Gasteiger partial charge in [0.1, 0.15) is 11.5 Å². The number of halogens is 1. The molecule has 9 heteroatoms. The summed E-state index contributed by atoms with van der Waals surface area (Å²) in [6.45, 7) is 0.215. The van der Waals surface area contributed by atoms with Gasteiger partial charge in [0.25, 0.3) is 0 Å². The van der Waals surface area contributed by atoms with Crippen LogP contribution in [0.5, 0.6) is 0 Å². The Morgan fingerprint density at radius 1 is 1.42 bits per heavy atom. The molecule has 0 aliphatic carbocycles. The van der Waals surface area contributed by atoms with Crippen molar-refractivity contribution in [3.63, 3.8) is 0 Å². The minimum atomic E-state index is -3.58. The van der Waals surface area contributed by atoms with Crippen LogP contribution in [0.25, 0.3) is 0 Å². The number of sulfonamides is 1. The Balaban J connectivity index is 1.98. The first-order chi connectivity index (χ1) is 8.97. The maximum atomic E-state index is 11.9. The summed E-state index contributed by atoms with van der Waals surface area (Å²) in [5, 5.41) is 4.19. The van der Waals surface area contributed by atoms with Gasteiger partial charge in [-0.05, 0) is 12.1 Å². The molecule has 0 amide bonds. The van der Waals surface area contributed by atoms with Crippen LogP contribution in [-0.2, 0) is 23.5 Å². The molecule has 7 nitrogen and oxygen atoms in total. The summed E-state index contributed by atoms with van der Waals surface area (Å²) in [6, 6.07) is 2.68. The Hall–Kier alpha value is -1.51. The molecule has 0 fully saturated rings. The zero-order chi connectivity index (χ0) is 13.9. The predicted molar refractivity (Wildman–Crippen MR) is 69.1 cm³/mol. The maximum absolute atomic E-state index is 11.9. The van der Waals surface area contributed by atoms with Gasteiger partial charge >= 0.3 is 0 Å². The Kier molecular flexibility index (Phi) is 4.13. The van der Waals surface area contributed by atoms with Crippen molar-refractivity contribution in [2.24, 2.45) is 7.05 Å². The SMILES string of the molecule is Cn1cnc(CCNS(=O)(=O)c2ccnc(Cl)c2)n1. The van der Waals surface area contributed by atoms with E-state index in [4.69, 9.17) is 11.6 Å². The third-order valence-corrected chi connectivity index (χ3v) is 3.96. The fourth-order valence-corrected chi connectivity index (χ4v) is 2.71. The van der Waals surface area contributed by atoms with Crippen LogP contribution < -0.4 is 4.72 Å². The molecule has 102 valence electrons. The van der Waals surface area contributed by atoms with E-state index in [2.05, 4.69) is 19.8 Å². The van der Waals surface area contributed by atoms with Gasteiger partial charge in [-0.3, -0.25) is 4.68 Å². The first-order valence-corrected chi connectivity index (χ1v) is 7.29. The summed E-state index contributed by atoms with van der Waals surface area (Å²) >= 11 is 5.66. The minimum Gasteiger partial charge on any atom is -0.256 e. The molecule has 2 aromatic heterocycles. The van der Waals surface area contributed by atoms with Crippen molar-refractivity contribution in [1.29, 1.82) is 0 Å². The van der Waals surface area contributed by atoms with E-state index in [1.165, 1.54) is 18.3 Å². The summed E-state index contributed by atoms with van der Waals surface area (Å²) < 4.78 is 27.9. The van der Waals surface area contributed by atoms with E-state index in [1.54, 1.807) is 18.1 Å². The lowest BCUT2D eigenvalue weighted by Gasteiger charge is -2.05. The number of nitrogens with zero attached hydrogens (tertiary/aromatic N) is 4. The Morgan fingerprint density at radius 3 is 2.84 bits per heavy atom. The fraction of sp³-hybridized carbons (Fsp3) is 0.300. The van der Waals surface area contributed by atoms with Gasteiger partial charge in [0, 0.05) is 26.2 Å². The smallest absolute Gasteiger partial charge is 0.240 e.